The van der Waals surface area contributed by atoms with Crippen LogP contribution in [0.3, 0.4) is 0 Å². The zero-order valence-electron chi connectivity index (χ0n) is 9.09. The van der Waals surface area contributed by atoms with E-state index in [0.29, 0.717) is 5.69 Å². The Balaban J connectivity index is 1.77. The Morgan fingerprint density at radius 1 is 1.53 bits per heavy atom. The van der Waals surface area contributed by atoms with Crippen molar-refractivity contribution in [2.24, 2.45) is 0 Å². The van der Waals surface area contributed by atoms with E-state index in [9.17, 15) is 9.59 Å². The lowest BCUT2D eigenvalue weighted by Gasteiger charge is -2.04. The number of carbonyl (C=O) groups excluding carboxylic acids is 2. The molecule has 0 unspecified atom stereocenters. The Hall–Kier alpha value is -1.96. The standard InChI is InChI=1S/C9H13N5O3/c15-5-7-3-14(13-12-7)4-8(16)11-9(17)10-6-1-2-6/h3,6,15H,1-2,4-5H2,(H2,10,11,16,17). The van der Waals surface area contributed by atoms with E-state index in [1.807, 2.05) is 0 Å². The van der Waals surface area contributed by atoms with E-state index >= 15 is 0 Å². The van der Waals surface area contributed by atoms with Crippen LogP contribution in [-0.4, -0.2) is 38.1 Å². The molecule has 0 bridgehead atoms. The van der Waals surface area contributed by atoms with E-state index in [4.69, 9.17) is 5.11 Å². The van der Waals surface area contributed by atoms with Gasteiger partial charge in [-0.05, 0) is 12.8 Å². The number of hydrogen-bond donors (Lipinski definition) is 3. The highest BCUT2D eigenvalue weighted by atomic mass is 16.3. The van der Waals surface area contributed by atoms with Gasteiger partial charge >= 0.3 is 6.03 Å². The number of nitrogens with one attached hydrogen (secondary N) is 2. The number of carbonyl (C=O) groups is 2. The second kappa shape index (κ2) is 4.91. The Morgan fingerprint density at radius 3 is 2.88 bits per heavy atom. The molecule has 1 saturated carbocycles. The topological polar surface area (TPSA) is 109 Å². The van der Waals surface area contributed by atoms with Crippen LogP contribution in [0.1, 0.15) is 18.5 Å². The first kappa shape index (κ1) is 11.5. The lowest BCUT2D eigenvalue weighted by molar-refractivity contribution is -0.120. The number of urea groups is 1. The molecule has 1 aromatic heterocycles. The molecule has 8 nitrogen and oxygen atoms in total. The molecule has 0 aromatic carbocycles. The van der Waals surface area contributed by atoms with E-state index in [-0.39, 0.29) is 19.2 Å². The molecule has 0 saturated heterocycles. The van der Waals surface area contributed by atoms with Gasteiger partial charge in [0.05, 0.1) is 12.8 Å². The summed E-state index contributed by atoms with van der Waals surface area (Å²) in [5.41, 5.74) is 0.375. The number of amides is 3. The van der Waals surface area contributed by atoms with Gasteiger partial charge in [-0.3, -0.25) is 10.1 Å². The number of aliphatic hydroxyl groups is 1. The van der Waals surface area contributed by atoms with Crippen LogP contribution in [0.4, 0.5) is 4.79 Å². The molecule has 1 aromatic rings. The van der Waals surface area contributed by atoms with Gasteiger partial charge in [-0.25, -0.2) is 9.48 Å². The Labute approximate surface area is 97.0 Å². The lowest BCUT2D eigenvalue weighted by atomic mass is 10.5. The predicted molar refractivity (Wildman–Crippen MR) is 55.6 cm³/mol. The molecule has 3 N–H and O–H groups in total. The minimum absolute atomic E-state index is 0.106. The SMILES string of the molecule is O=C(Cn1cc(CO)nn1)NC(=O)NC1CC1. The van der Waals surface area contributed by atoms with Crippen LogP contribution in [0.2, 0.25) is 0 Å². The summed E-state index contributed by atoms with van der Waals surface area (Å²) in [5, 5.41) is 20.8. The largest absolute Gasteiger partial charge is 0.390 e. The van der Waals surface area contributed by atoms with Crippen LogP contribution in [0, 0.1) is 0 Å². The van der Waals surface area contributed by atoms with Gasteiger partial charge in [0.15, 0.2) is 0 Å². The Kier molecular flexibility index (Phi) is 3.33. The molecule has 8 heteroatoms. The van der Waals surface area contributed by atoms with E-state index in [2.05, 4.69) is 20.9 Å². The maximum Gasteiger partial charge on any atom is 0.321 e. The molecule has 1 heterocycles. The summed E-state index contributed by atoms with van der Waals surface area (Å²) in [6.45, 7) is -0.338. The van der Waals surface area contributed by atoms with Gasteiger partial charge in [0.1, 0.15) is 12.2 Å². The summed E-state index contributed by atoms with van der Waals surface area (Å²) in [4.78, 5) is 22.6. The van der Waals surface area contributed by atoms with Crippen LogP contribution in [-0.2, 0) is 17.9 Å². The maximum atomic E-state index is 11.4. The van der Waals surface area contributed by atoms with E-state index < -0.39 is 11.9 Å². The number of imide groups is 1. The predicted octanol–water partition coefficient (Wildman–Crippen LogP) is -1.24. The Morgan fingerprint density at radius 2 is 2.29 bits per heavy atom. The van der Waals surface area contributed by atoms with Crippen molar-refractivity contribution in [3.8, 4) is 0 Å². The van der Waals surface area contributed by atoms with Gasteiger partial charge in [0.25, 0.3) is 0 Å². The average Bonchev–Trinajstić information content (AvgIpc) is 2.95. The molecule has 1 fully saturated rings. The smallest absolute Gasteiger partial charge is 0.321 e. The average molecular weight is 239 g/mol. The molecule has 1 aliphatic rings. The number of nitrogens with zero attached hydrogens (tertiary/aromatic N) is 3. The molecule has 17 heavy (non-hydrogen) atoms. The maximum absolute atomic E-state index is 11.4. The zero-order valence-corrected chi connectivity index (χ0v) is 9.09. The lowest BCUT2D eigenvalue weighted by Crippen LogP contribution is -2.41. The number of hydrogen-bond acceptors (Lipinski definition) is 5. The van der Waals surface area contributed by atoms with Crippen molar-refractivity contribution in [3.63, 3.8) is 0 Å². The molecule has 1 aliphatic carbocycles. The second-order valence-electron chi connectivity index (χ2n) is 3.86. The molecule has 2 rings (SSSR count). The van der Waals surface area contributed by atoms with Crippen molar-refractivity contribution >= 4 is 11.9 Å². The summed E-state index contributed by atoms with van der Waals surface area (Å²) in [5.74, 6) is -0.475. The molecule has 0 aliphatic heterocycles. The summed E-state index contributed by atoms with van der Waals surface area (Å²) in [7, 11) is 0. The molecule has 0 radical (unpaired) electrons. The highest BCUT2D eigenvalue weighted by Crippen LogP contribution is 2.18. The molecule has 3 amide bonds. The van der Waals surface area contributed by atoms with Crippen LogP contribution >= 0.6 is 0 Å². The van der Waals surface area contributed by atoms with Crippen LogP contribution in [0.15, 0.2) is 6.20 Å². The van der Waals surface area contributed by atoms with Gasteiger partial charge in [0, 0.05) is 6.04 Å². The minimum atomic E-state index is -0.486. The quantitative estimate of drug-likeness (QED) is 0.608. The third kappa shape index (κ3) is 3.52. The van der Waals surface area contributed by atoms with Gasteiger partial charge in [0.2, 0.25) is 5.91 Å². The fourth-order valence-electron chi connectivity index (χ4n) is 1.25. The van der Waals surface area contributed by atoms with Crippen LogP contribution in [0.25, 0.3) is 0 Å². The summed E-state index contributed by atoms with van der Waals surface area (Å²) >= 11 is 0. The van der Waals surface area contributed by atoms with Gasteiger partial charge < -0.3 is 10.4 Å². The summed E-state index contributed by atoms with van der Waals surface area (Å²) < 4.78 is 1.26. The van der Waals surface area contributed by atoms with Gasteiger partial charge in [-0.2, -0.15) is 0 Å². The highest BCUT2D eigenvalue weighted by Gasteiger charge is 2.23. The first-order valence-corrected chi connectivity index (χ1v) is 5.27. The fourth-order valence-corrected chi connectivity index (χ4v) is 1.25. The molecule has 92 valence electrons. The van der Waals surface area contributed by atoms with Crippen molar-refractivity contribution < 1.29 is 14.7 Å². The summed E-state index contributed by atoms with van der Waals surface area (Å²) in [6, 6.07) is -0.282. The van der Waals surface area contributed by atoms with Crippen LogP contribution in [0.5, 0.6) is 0 Å². The van der Waals surface area contributed by atoms with Crippen molar-refractivity contribution in [1.29, 1.82) is 0 Å². The van der Waals surface area contributed by atoms with Crippen molar-refractivity contribution in [3.05, 3.63) is 11.9 Å². The molecular weight excluding hydrogens is 226 g/mol. The van der Waals surface area contributed by atoms with E-state index in [1.165, 1.54) is 10.9 Å². The summed E-state index contributed by atoms with van der Waals surface area (Å²) in [6.07, 6.45) is 3.37. The highest BCUT2D eigenvalue weighted by molar-refractivity contribution is 5.94. The van der Waals surface area contributed by atoms with Gasteiger partial charge in [-0.1, -0.05) is 5.21 Å². The third-order valence-corrected chi connectivity index (χ3v) is 2.22. The first-order valence-electron chi connectivity index (χ1n) is 5.27. The fraction of sp³-hybridized carbons (Fsp3) is 0.556. The van der Waals surface area contributed by atoms with Crippen molar-refractivity contribution in [2.45, 2.75) is 32.0 Å². The number of aromatic nitrogens is 3. The van der Waals surface area contributed by atoms with Crippen molar-refractivity contribution in [1.82, 2.24) is 25.6 Å². The number of rotatable bonds is 4. The number of aliphatic hydroxyl groups excluding tert-OH is 1. The first-order chi connectivity index (χ1) is 8.17. The third-order valence-electron chi connectivity index (χ3n) is 2.22. The Bertz CT molecular complexity index is 426. The normalized spacial score (nSPS) is 14.4. The molecule has 0 spiro atoms. The van der Waals surface area contributed by atoms with Crippen molar-refractivity contribution in [2.75, 3.05) is 0 Å². The molecule has 0 atom stereocenters. The molecular formula is C9H13N5O3. The zero-order chi connectivity index (χ0) is 12.3. The van der Waals surface area contributed by atoms with E-state index in [1.54, 1.807) is 0 Å². The minimum Gasteiger partial charge on any atom is -0.390 e. The monoisotopic (exact) mass is 239 g/mol. The van der Waals surface area contributed by atoms with Crippen LogP contribution < -0.4 is 10.6 Å². The van der Waals surface area contributed by atoms with E-state index in [0.717, 1.165) is 12.8 Å². The van der Waals surface area contributed by atoms with Gasteiger partial charge in [-0.15, -0.1) is 5.10 Å². The second-order valence-corrected chi connectivity index (χ2v) is 3.86.